The quantitative estimate of drug-likeness (QED) is 0.602. The number of ether oxygens (including phenoxy) is 1. The number of carbonyl (C=O) groups is 1. The predicted octanol–water partition coefficient (Wildman–Crippen LogP) is -0.0248. The lowest BCUT2D eigenvalue weighted by Crippen LogP contribution is -2.56. The molecule has 0 amide bonds. The molecule has 0 bridgehead atoms. The maximum Gasteiger partial charge on any atom is 0.522 e. The smallest absolute Gasteiger partial charge is 0.522 e. The molecule has 0 spiro atoms. The van der Waals surface area contributed by atoms with Crippen molar-refractivity contribution >= 4 is 23.1 Å². The summed E-state index contributed by atoms with van der Waals surface area (Å²) in [5.74, 6) is -1.07. The molecule has 12 heteroatoms. The van der Waals surface area contributed by atoms with E-state index in [0.29, 0.717) is 18.3 Å². The number of carboxylic acids is 1. The number of imidazole rings is 1. The van der Waals surface area contributed by atoms with Crippen LogP contribution in [0.1, 0.15) is 15.9 Å². The lowest BCUT2D eigenvalue weighted by molar-refractivity contribution is 0.0631. The minimum atomic E-state index is -3.72. The summed E-state index contributed by atoms with van der Waals surface area (Å²) in [6.07, 6.45) is 3.15. The Bertz CT molecular complexity index is 974. The van der Waals surface area contributed by atoms with Crippen molar-refractivity contribution in [2.24, 2.45) is 0 Å². The molecule has 142 valence electrons. The number of aryl methyl sites for hydroxylation is 1. The number of hydrogen-bond acceptors (Lipinski definition) is 7. The van der Waals surface area contributed by atoms with Crippen molar-refractivity contribution < 1.29 is 32.7 Å². The average molecular weight is 393 g/mol. The molecule has 0 saturated carbocycles. The number of aromatic amines is 1. The summed E-state index contributed by atoms with van der Waals surface area (Å²) in [4.78, 5) is 18.0. The molecule has 1 aromatic carbocycles. The minimum Gasteiger partial charge on any atom is -0.535 e. The largest absolute Gasteiger partial charge is 0.535 e. The highest BCUT2D eigenvalue weighted by atomic mass is 32.2. The first-order valence-electron chi connectivity index (χ1n) is 8.26. The fourth-order valence-electron chi connectivity index (χ4n) is 3.08. The van der Waals surface area contributed by atoms with E-state index in [-0.39, 0.29) is 35.3 Å². The van der Waals surface area contributed by atoms with Crippen molar-refractivity contribution in [2.45, 2.75) is 24.0 Å². The van der Waals surface area contributed by atoms with Crippen molar-refractivity contribution in [3.63, 3.8) is 0 Å². The topological polar surface area (TPSA) is 142 Å². The van der Waals surface area contributed by atoms with Crippen molar-refractivity contribution in [2.75, 3.05) is 13.1 Å². The van der Waals surface area contributed by atoms with Crippen LogP contribution in [0.2, 0.25) is 6.32 Å². The zero-order chi connectivity index (χ0) is 19.2. The van der Waals surface area contributed by atoms with Crippen LogP contribution in [0.4, 0.5) is 0 Å². The summed E-state index contributed by atoms with van der Waals surface area (Å²) >= 11 is 0. The van der Waals surface area contributed by atoms with Gasteiger partial charge in [0.1, 0.15) is 23.2 Å². The zero-order valence-corrected chi connectivity index (χ0v) is 14.8. The lowest BCUT2D eigenvalue weighted by Gasteiger charge is -2.37. The average Bonchev–Trinajstić information content (AvgIpc) is 3.12. The van der Waals surface area contributed by atoms with Crippen LogP contribution >= 0.6 is 0 Å². The Morgan fingerprint density at radius 3 is 2.85 bits per heavy atom. The second-order valence-corrected chi connectivity index (χ2v) is 8.15. The van der Waals surface area contributed by atoms with Crippen LogP contribution in [0.15, 0.2) is 29.7 Å². The third kappa shape index (κ3) is 3.15. The van der Waals surface area contributed by atoms with Gasteiger partial charge in [0.05, 0.1) is 13.1 Å². The fourth-order valence-corrected chi connectivity index (χ4v) is 4.46. The molecule has 1 saturated heterocycles. The lowest BCUT2D eigenvalue weighted by atomic mass is 9.78. The molecule has 27 heavy (non-hydrogen) atoms. The first-order valence-corrected chi connectivity index (χ1v) is 9.70. The van der Waals surface area contributed by atoms with Gasteiger partial charge in [-0.3, -0.25) is 0 Å². The van der Waals surface area contributed by atoms with Gasteiger partial charge < -0.3 is 24.5 Å². The molecule has 0 radical (unpaired) electrons. The number of rotatable bonds is 5. The third-order valence-electron chi connectivity index (χ3n) is 4.49. The summed E-state index contributed by atoms with van der Waals surface area (Å²) in [6, 6.07) is 3.23. The molecule has 1 aromatic heterocycles. The maximum atomic E-state index is 12.3. The maximum absolute atomic E-state index is 12.3. The Balaban J connectivity index is 1.52. The molecular weight excluding hydrogens is 377 g/mol. The van der Waals surface area contributed by atoms with E-state index in [1.54, 1.807) is 6.07 Å². The second-order valence-electron chi connectivity index (χ2n) is 6.30. The summed E-state index contributed by atoms with van der Waals surface area (Å²) in [5.41, 5.74) is 0.513. The number of benzene rings is 1. The number of sulfonamides is 1. The number of H-pyrrole nitrogens is 1. The van der Waals surface area contributed by atoms with Gasteiger partial charge in [-0.05, 0) is 24.4 Å². The van der Waals surface area contributed by atoms with Gasteiger partial charge in [-0.25, -0.2) is 18.2 Å². The summed E-state index contributed by atoms with van der Waals surface area (Å²) in [6.45, 7) is 0.144. The number of carboxylic acid groups (broad SMARTS) is 1. The number of aromatic nitrogens is 2. The Morgan fingerprint density at radius 2 is 2.19 bits per heavy atom. The van der Waals surface area contributed by atoms with Crippen LogP contribution in [0.3, 0.4) is 0 Å². The Kier molecular flexibility index (Phi) is 4.33. The highest BCUT2D eigenvalue weighted by molar-refractivity contribution is 7.89. The van der Waals surface area contributed by atoms with Crippen molar-refractivity contribution in [1.29, 1.82) is 0 Å². The van der Waals surface area contributed by atoms with Crippen LogP contribution in [-0.4, -0.2) is 65.1 Å². The van der Waals surface area contributed by atoms with Crippen LogP contribution in [0.5, 0.6) is 11.5 Å². The van der Waals surface area contributed by atoms with E-state index in [1.807, 2.05) is 0 Å². The minimum absolute atomic E-state index is 0.0721. The molecule has 0 atom stereocenters. The number of fused-ring (bicyclic) bond motifs is 1. The molecule has 1 fully saturated rings. The van der Waals surface area contributed by atoms with E-state index in [2.05, 4.69) is 9.97 Å². The molecule has 0 aliphatic carbocycles. The Hall–Kier alpha value is -2.57. The van der Waals surface area contributed by atoms with Crippen molar-refractivity contribution in [1.82, 2.24) is 14.3 Å². The van der Waals surface area contributed by atoms with E-state index >= 15 is 0 Å². The van der Waals surface area contributed by atoms with E-state index in [0.717, 1.165) is 0 Å². The van der Waals surface area contributed by atoms with Gasteiger partial charge in [0.2, 0.25) is 5.16 Å². The molecule has 3 N–H and O–H groups in total. The van der Waals surface area contributed by atoms with Crippen LogP contribution < -0.4 is 9.39 Å². The highest BCUT2D eigenvalue weighted by Crippen LogP contribution is 2.37. The zero-order valence-electron chi connectivity index (χ0n) is 14.0. The predicted molar refractivity (Wildman–Crippen MR) is 92.3 cm³/mol. The van der Waals surface area contributed by atoms with E-state index in [1.165, 1.54) is 22.8 Å². The first-order chi connectivity index (χ1) is 12.9. The third-order valence-corrected chi connectivity index (χ3v) is 6.18. The second kappa shape index (κ2) is 6.55. The first kappa shape index (κ1) is 17.8. The van der Waals surface area contributed by atoms with Gasteiger partial charge in [0.25, 0.3) is 10.0 Å². The number of aromatic carboxylic acids is 1. The number of nitrogens with one attached hydrogen (secondary N) is 1. The standard InChI is InChI=1S/C15H16BN3O7S/c20-14(21)12-11(2-1-9-3-4-16(22)26-13(9)12)25-10-7-19(8-10)27(23,24)15-17-5-6-18-15/h1-2,5-6,10,22H,3-4,7-8H2,(H,17,18)(H,20,21). The van der Waals surface area contributed by atoms with Crippen LogP contribution in [0.25, 0.3) is 0 Å². The molecule has 2 aliphatic rings. The van der Waals surface area contributed by atoms with Crippen molar-refractivity contribution in [3.8, 4) is 11.5 Å². The molecule has 2 aliphatic heterocycles. The monoisotopic (exact) mass is 393 g/mol. The molecule has 4 rings (SSSR count). The van der Waals surface area contributed by atoms with E-state index in [9.17, 15) is 23.3 Å². The molecule has 2 aromatic rings. The van der Waals surface area contributed by atoms with Crippen molar-refractivity contribution in [3.05, 3.63) is 35.7 Å². The van der Waals surface area contributed by atoms with Gasteiger partial charge in [-0.1, -0.05) is 6.07 Å². The van der Waals surface area contributed by atoms with Gasteiger partial charge in [0.15, 0.2) is 0 Å². The highest BCUT2D eigenvalue weighted by Gasteiger charge is 2.40. The number of nitrogens with zero attached hydrogens (tertiary/aromatic N) is 2. The van der Waals surface area contributed by atoms with E-state index < -0.39 is 29.2 Å². The van der Waals surface area contributed by atoms with Crippen LogP contribution in [-0.2, 0) is 16.4 Å². The summed E-state index contributed by atoms with van der Waals surface area (Å²) in [5, 5.41) is 19.1. The fraction of sp³-hybridized carbons (Fsp3) is 0.333. The van der Waals surface area contributed by atoms with Gasteiger partial charge in [-0.15, -0.1) is 0 Å². The molecule has 0 unspecified atom stereocenters. The SMILES string of the molecule is O=C(O)c1c(OC2CN(S(=O)(=O)c3ncc[nH]3)C2)ccc2c1OB(O)CC2. The molecule has 3 heterocycles. The van der Waals surface area contributed by atoms with Gasteiger partial charge >= 0.3 is 13.1 Å². The van der Waals surface area contributed by atoms with Gasteiger partial charge in [0, 0.05) is 12.4 Å². The summed E-state index contributed by atoms with van der Waals surface area (Å²) in [7, 11) is -4.79. The normalized spacial score (nSPS) is 17.7. The molecular formula is C15H16BN3O7S. The number of hydrogen-bond donors (Lipinski definition) is 3. The summed E-state index contributed by atoms with van der Waals surface area (Å²) < 4.78 is 36.8. The van der Waals surface area contributed by atoms with Gasteiger partial charge in [-0.2, -0.15) is 4.31 Å². The Labute approximate surface area is 154 Å². The Morgan fingerprint density at radius 1 is 1.41 bits per heavy atom. The molecule has 10 nitrogen and oxygen atoms in total. The van der Waals surface area contributed by atoms with Crippen LogP contribution in [0, 0.1) is 0 Å². The van der Waals surface area contributed by atoms with E-state index in [4.69, 9.17) is 9.39 Å².